The molecule has 0 radical (unpaired) electrons. The number of nitrogens with one attached hydrogen (secondary N) is 1. The smallest absolute Gasteiger partial charge is 0.254 e. The number of anilines is 2. The molecule has 1 fully saturated rings. The Kier molecular flexibility index (Phi) is 6.69. The van der Waals surface area contributed by atoms with Crippen molar-refractivity contribution in [1.29, 1.82) is 0 Å². The number of aromatic nitrogens is 1. The summed E-state index contributed by atoms with van der Waals surface area (Å²) in [7, 11) is 0. The van der Waals surface area contributed by atoms with E-state index >= 15 is 0 Å². The summed E-state index contributed by atoms with van der Waals surface area (Å²) >= 11 is 0. The minimum absolute atomic E-state index is 0.00968. The first-order valence-electron chi connectivity index (χ1n) is 11.4. The molecule has 1 aliphatic heterocycles. The molecule has 1 saturated heterocycles. The van der Waals surface area contributed by atoms with Crippen molar-refractivity contribution in [2.45, 2.75) is 26.7 Å². The Hall–Kier alpha value is -3.41. The number of benzene rings is 2. The molecule has 2 aromatic carbocycles. The van der Waals surface area contributed by atoms with Gasteiger partial charge in [-0.05, 0) is 55.7 Å². The maximum Gasteiger partial charge on any atom is 0.254 e. The molecule has 1 aliphatic rings. The van der Waals surface area contributed by atoms with Gasteiger partial charge in [0, 0.05) is 31.7 Å². The lowest BCUT2D eigenvalue weighted by Gasteiger charge is -2.32. The number of amides is 2. The maximum absolute atomic E-state index is 13.3. The molecule has 2 heterocycles. The number of carbonyl (C=O) groups excluding carboxylic acids is 2. The molecule has 6 heteroatoms. The third-order valence-corrected chi connectivity index (χ3v) is 6.20. The number of rotatable bonds is 6. The second kappa shape index (κ2) is 9.81. The van der Waals surface area contributed by atoms with Crippen LogP contribution < -0.4 is 10.2 Å². The zero-order valence-electron chi connectivity index (χ0n) is 18.8. The van der Waals surface area contributed by atoms with Gasteiger partial charge in [-0.15, -0.1) is 0 Å². The lowest BCUT2D eigenvalue weighted by Crippen LogP contribution is -2.43. The zero-order valence-corrected chi connectivity index (χ0v) is 18.8. The predicted molar refractivity (Wildman–Crippen MR) is 129 cm³/mol. The number of fused-ring (bicyclic) bond motifs is 1. The first-order chi connectivity index (χ1) is 15.6. The normalized spacial score (nSPS) is 16.1. The lowest BCUT2D eigenvalue weighted by molar-refractivity contribution is -0.121. The molecule has 4 rings (SSSR count). The van der Waals surface area contributed by atoms with Crippen LogP contribution in [0.3, 0.4) is 0 Å². The second-order valence-electron chi connectivity index (χ2n) is 8.18. The van der Waals surface area contributed by atoms with Crippen molar-refractivity contribution in [3.63, 3.8) is 0 Å². The summed E-state index contributed by atoms with van der Waals surface area (Å²) in [6.07, 6.45) is 3.29. The largest absolute Gasteiger partial charge is 0.357 e. The fourth-order valence-electron chi connectivity index (χ4n) is 4.40. The highest BCUT2D eigenvalue weighted by atomic mass is 16.2. The first kappa shape index (κ1) is 21.8. The van der Waals surface area contributed by atoms with E-state index < -0.39 is 0 Å². The highest BCUT2D eigenvalue weighted by molar-refractivity contribution is 6.07. The third kappa shape index (κ3) is 4.59. The molecule has 2 amide bonds. The van der Waals surface area contributed by atoms with Gasteiger partial charge in [0.05, 0.1) is 17.8 Å². The standard InChI is InChI=1S/C26H30N4O2/c1-3-29(4-2)24-15-14-21(17-27-24)28-25(31)20-11-8-16-30(18-20)26(32)23-13-7-10-19-9-5-6-12-22(19)23/h5-7,9-10,12-15,17,20H,3-4,8,11,16,18H2,1-2H3,(H,28,31). The van der Waals surface area contributed by atoms with E-state index in [4.69, 9.17) is 0 Å². The highest BCUT2D eigenvalue weighted by Gasteiger charge is 2.29. The van der Waals surface area contributed by atoms with Crippen molar-refractivity contribution < 1.29 is 9.59 Å². The number of pyridine rings is 1. The van der Waals surface area contributed by atoms with Crippen LogP contribution in [0.1, 0.15) is 37.0 Å². The average Bonchev–Trinajstić information content (AvgIpc) is 2.85. The van der Waals surface area contributed by atoms with Gasteiger partial charge in [0.1, 0.15) is 5.82 Å². The maximum atomic E-state index is 13.3. The van der Waals surface area contributed by atoms with E-state index in [1.807, 2.05) is 59.5 Å². The number of likely N-dealkylation sites (tertiary alicyclic amines) is 1. The van der Waals surface area contributed by atoms with Crippen molar-refractivity contribution in [2.24, 2.45) is 5.92 Å². The first-order valence-corrected chi connectivity index (χ1v) is 11.4. The fourth-order valence-corrected chi connectivity index (χ4v) is 4.40. The van der Waals surface area contributed by atoms with Crippen LogP contribution in [-0.4, -0.2) is 47.9 Å². The SMILES string of the molecule is CCN(CC)c1ccc(NC(=O)C2CCCN(C(=O)c3cccc4ccccc34)C2)cn1. The molecule has 6 nitrogen and oxygen atoms in total. The van der Waals surface area contributed by atoms with Crippen LogP contribution in [0.25, 0.3) is 10.8 Å². The molecule has 0 saturated carbocycles. The van der Waals surface area contributed by atoms with Gasteiger partial charge in [0.15, 0.2) is 0 Å². The lowest BCUT2D eigenvalue weighted by atomic mass is 9.95. The van der Waals surface area contributed by atoms with Gasteiger partial charge in [-0.2, -0.15) is 0 Å². The summed E-state index contributed by atoms with van der Waals surface area (Å²) in [5, 5.41) is 4.98. The molecule has 32 heavy (non-hydrogen) atoms. The Labute approximate surface area is 189 Å². The van der Waals surface area contributed by atoms with Crippen molar-refractivity contribution >= 4 is 34.1 Å². The molecule has 0 bridgehead atoms. The van der Waals surface area contributed by atoms with Crippen LogP contribution in [0.4, 0.5) is 11.5 Å². The Balaban J connectivity index is 1.43. The van der Waals surface area contributed by atoms with E-state index in [0.717, 1.165) is 42.5 Å². The van der Waals surface area contributed by atoms with Crippen LogP contribution in [-0.2, 0) is 4.79 Å². The highest BCUT2D eigenvalue weighted by Crippen LogP contribution is 2.24. The van der Waals surface area contributed by atoms with Gasteiger partial charge in [-0.25, -0.2) is 4.98 Å². The molecule has 0 aliphatic carbocycles. The summed E-state index contributed by atoms with van der Waals surface area (Å²) < 4.78 is 0. The van der Waals surface area contributed by atoms with Crippen LogP contribution in [0, 0.1) is 5.92 Å². The summed E-state index contributed by atoms with van der Waals surface area (Å²) in [4.78, 5) is 34.7. The van der Waals surface area contributed by atoms with Crippen LogP contribution >= 0.6 is 0 Å². The molecule has 166 valence electrons. The third-order valence-electron chi connectivity index (χ3n) is 6.20. The molecular weight excluding hydrogens is 400 g/mol. The number of hydrogen-bond donors (Lipinski definition) is 1. The van der Waals surface area contributed by atoms with Crippen molar-refractivity contribution in [2.75, 3.05) is 36.4 Å². The number of piperidine rings is 1. The summed E-state index contributed by atoms with van der Waals surface area (Å²) in [6.45, 7) is 7.06. The van der Waals surface area contributed by atoms with Gasteiger partial charge in [0.25, 0.3) is 5.91 Å². The average molecular weight is 431 g/mol. The van der Waals surface area contributed by atoms with E-state index in [9.17, 15) is 9.59 Å². The Bertz CT molecular complexity index is 1090. The monoisotopic (exact) mass is 430 g/mol. The molecule has 1 unspecified atom stereocenters. The number of carbonyl (C=O) groups is 2. The number of hydrogen-bond acceptors (Lipinski definition) is 4. The topological polar surface area (TPSA) is 65.5 Å². The molecule has 3 aromatic rings. The van der Waals surface area contributed by atoms with E-state index in [1.165, 1.54) is 0 Å². The van der Waals surface area contributed by atoms with Crippen molar-refractivity contribution in [3.8, 4) is 0 Å². The molecule has 1 atom stereocenters. The molecule has 0 spiro atoms. The Morgan fingerprint density at radius 3 is 2.59 bits per heavy atom. The van der Waals surface area contributed by atoms with E-state index in [-0.39, 0.29) is 17.7 Å². The summed E-state index contributed by atoms with van der Waals surface area (Å²) in [5.74, 6) is 0.602. The minimum atomic E-state index is -0.231. The van der Waals surface area contributed by atoms with Crippen LogP contribution in [0.15, 0.2) is 60.8 Å². The molecule has 1 aromatic heterocycles. The van der Waals surface area contributed by atoms with Crippen LogP contribution in [0.5, 0.6) is 0 Å². The minimum Gasteiger partial charge on any atom is -0.357 e. The van der Waals surface area contributed by atoms with Gasteiger partial charge in [0.2, 0.25) is 5.91 Å². The predicted octanol–water partition coefficient (Wildman–Crippen LogP) is 4.57. The quantitative estimate of drug-likeness (QED) is 0.622. The van der Waals surface area contributed by atoms with E-state index in [2.05, 4.69) is 29.0 Å². The van der Waals surface area contributed by atoms with Crippen molar-refractivity contribution in [3.05, 3.63) is 66.4 Å². The summed E-state index contributed by atoms with van der Waals surface area (Å²) in [6, 6.07) is 17.5. The van der Waals surface area contributed by atoms with Crippen LogP contribution in [0.2, 0.25) is 0 Å². The Morgan fingerprint density at radius 1 is 1.06 bits per heavy atom. The van der Waals surface area contributed by atoms with E-state index in [0.29, 0.717) is 24.3 Å². The van der Waals surface area contributed by atoms with Gasteiger partial charge in [-0.1, -0.05) is 36.4 Å². The summed E-state index contributed by atoms with van der Waals surface area (Å²) in [5.41, 5.74) is 1.38. The zero-order chi connectivity index (χ0) is 22.5. The van der Waals surface area contributed by atoms with Crippen molar-refractivity contribution in [1.82, 2.24) is 9.88 Å². The second-order valence-corrected chi connectivity index (χ2v) is 8.18. The molecular formula is C26H30N4O2. The van der Waals surface area contributed by atoms with E-state index in [1.54, 1.807) is 6.20 Å². The van der Waals surface area contributed by atoms with Gasteiger partial charge < -0.3 is 15.1 Å². The van der Waals surface area contributed by atoms with Gasteiger partial charge >= 0.3 is 0 Å². The Morgan fingerprint density at radius 2 is 1.84 bits per heavy atom. The number of nitrogens with zero attached hydrogens (tertiary/aromatic N) is 3. The van der Waals surface area contributed by atoms with Gasteiger partial charge in [-0.3, -0.25) is 9.59 Å². The fraction of sp³-hybridized carbons (Fsp3) is 0.346. The molecule has 1 N–H and O–H groups in total.